The van der Waals surface area contributed by atoms with Crippen molar-refractivity contribution in [2.45, 2.75) is 25.2 Å². The van der Waals surface area contributed by atoms with Gasteiger partial charge < -0.3 is 4.74 Å². The summed E-state index contributed by atoms with van der Waals surface area (Å²) in [4.78, 5) is 12.7. The molecule has 1 heterocycles. The number of carbonyl (C=O) groups excluding carboxylic acids is 1. The molecule has 0 saturated carbocycles. The summed E-state index contributed by atoms with van der Waals surface area (Å²) >= 11 is 0. The summed E-state index contributed by atoms with van der Waals surface area (Å²) in [5.41, 5.74) is 4.61. The lowest BCUT2D eigenvalue weighted by Crippen LogP contribution is -2.14. The summed E-state index contributed by atoms with van der Waals surface area (Å²) in [7, 11) is 0. The molecule has 0 aromatic heterocycles. The van der Waals surface area contributed by atoms with Crippen LogP contribution in [-0.4, -0.2) is 12.4 Å². The lowest BCUT2D eigenvalue weighted by Gasteiger charge is -2.09. The van der Waals surface area contributed by atoms with Crippen LogP contribution >= 0.6 is 0 Å². The molecule has 0 bridgehead atoms. The number of rotatable bonds is 2. The lowest BCUT2D eigenvalue weighted by molar-refractivity contribution is 0.0947. The first-order valence-corrected chi connectivity index (χ1v) is 7.21. The van der Waals surface area contributed by atoms with Crippen LogP contribution in [0.1, 0.15) is 39.4 Å². The fourth-order valence-electron chi connectivity index (χ4n) is 3.31. The Labute approximate surface area is 118 Å². The van der Waals surface area contributed by atoms with Gasteiger partial charge in [-0.15, -0.1) is 0 Å². The van der Waals surface area contributed by atoms with E-state index in [-0.39, 0.29) is 11.7 Å². The molecule has 2 heteroatoms. The molecule has 2 nitrogen and oxygen atoms in total. The summed E-state index contributed by atoms with van der Waals surface area (Å²) in [5.74, 6) is 0.891. The average molecular weight is 264 g/mol. The van der Waals surface area contributed by atoms with E-state index in [0.29, 0.717) is 6.61 Å². The molecule has 0 saturated heterocycles. The van der Waals surface area contributed by atoms with E-state index in [9.17, 15) is 4.79 Å². The molecule has 0 N–H and O–H groups in total. The number of fused-ring (bicyclic) bond motifs is 2. The average Bonchev–Trinajstić information content (AvgIpc) is 3.12. The monoisotopic (exact) mass is 264 g/mol. The SMILES string of the molecule is O=C(c1ccc2c(c1)CCC2)C1COc2ccccc21. The fourth-order valence-corrected chi connectivity index (χ4v) is 3.31. The van der Waals surface area contributed by atoms with Crippen LogP contribution in [0, 0.1) is 0 Å². The highest BCUT2D eigenvalue weighted by atomic mass is 16.5. The Morgan fingerprint density at radius 1 is 1.05 bits per heavy atom. The Bertz CT molecular complexity index is 688. The molecule has 2 aromatic rings. The van der Waals surface area contributed by atoms with Crippen LogP contribution in [0.4, 0.5) is 0 Å². The molecule has 2 aliphatic rings. The van der Waals surface area contributed by atoms with Crippen molar-refractivity contribution in [3.8, 4) is 5.75 Å². The van der Waals surface area contributed by atoms with Gasteiger partial charge in [0.25, 0.3) is 0 Å². The van der Waals surface area contributed by atoms with Gasteiger partial charge in [0.1, 0.15) is 12.4 Å². The third-order valence-electron chi connectivity index (χ3n) is 4.40. The zero-order valence-corrected chi connectivity index (χ0v) is 11.3. The highest BCUT2D eigenvalue weighted by Crippen LogP contribution is 2.36. The van der Waals surface area contributed by atoms with Crippen LogP contribution in [0.25, 0.3) is 0 Å². The maximum atomic E-state index is 12.7. The Morgan fingerprint density at radius 2 is 1.90 bits per heavy atom. The molecule has 20 heavy (non-hydrogen) atoms. The van der Waals surface area contributed by atoms with Crippen molar-refractivity contribution in [2.75, 3.05) is 6.61 Å². The second kappa shape index (κ2) is 4.48. The Kier molecular flexibility index (Phi) is 2.62. The van der Waals surface area contributed by atoms with E-state index >= 15 is 0 Å². The summed E-state index contributed by atoms with van der Waals surface area (Å²) in [6.07, 6.45) is 3.47. The largest absolute Gasteiger partial charge is 0.492 e. The van der Waals surface area contributed by atoms with E-state index in [2.05, 4.69) is 12.1 Å². The topological polar surface area (TPSA) is 26.3 Å². The fraction of sp³-hybridized carbons (Fsp3) is 0.278. The normalized spacial score (nSPS) is 19.3. The van der Waals surface area contributed by atoms with E-state index < -0.39 is 0 Å². The Balaban J connectivity index is 1.68. The first-order chi connectivity index (χ1) is 9.83. The molecule has 0 amide bonds. The van der Waals surface area contributed by atoms with E-state index in [4.69, 9.17) is 4.74 Å². The molecule has 1 atom stereocenters. The lowest BCUT2D eigenvalue weighted by atomic mass is 9.91. The molecule has 1 aliphatic heterocycles. The van der Waals surface area contributed by atoms with Crippen molar-refractivity contribution in [1.29, 1.82) is 0 Å². The van der Waals surface area contributed by atoms with Crippen molar-refractivity contribution >= 4 is 5.78 Å². The van der Waals surface area contributed by atoms with Gasteiger partial charge in [0.05, 0.1) is 5.92 Å². The van der Waals surface area contributed by atoms with Crippen molar-refractivity contribution in [3.63, 3.8) is 0 Å². The number of para-hydroxylation sites is 1. The van der Waals surface area contributed by atoms with Crippen molar-refractivity contribution in [2.24, 2.45) is 0 Å². The zero-order chi connectivity index (χ0) is 13.5. The number of ketones is 1. The highest BCUT2D eigenvalue weighted by Gasteiger charge is 2.31. The predicted octanol–water partition coefficient (Wildman–Crippen LogP) is 3.53. The maximum absolute atomic E-state index is 12.7. The summed E-state index contributed by atoms with van der Waals surface area (Å²) in [5, 5.41) is 0. The summed E-state index contributed by atoms with van der Waals surface area (Å²) in [6.45, 7) is 0.468. The van der Waals surface area contributed by atoms with Crippen LogP contribution in [-0.2, 0) is 12.8 Å². The second-order valence-electron chi connectivity index (χ2n) is 5.60. The molecule has 100 valence electrons. The minimum atomic E-state index is -0.148. The Morgan fingerprint density at radius 3 is 2.85 bits per heavy atom. The third kappa shape index (κ3) is 1.75. The van der Waals surface area contributed by atoms with Crippen molar-refractivity contribution < 1.29 is 9.53 Å². The standard InChI is InChI=1S/C18H16O2/c19-18(14-9-8-12-4-3-5-13(12)10-14)16-11-20-17-7-2-1-6-15(16)17/h1-2,6-10,16H,3-5,11H2. The van der Waals surface area contributed by atoms with Crippen molar-refractivity contribution in [1.82, 2.24) is 0 Å². The van der Waals surface area contributed by atoms with Gasteiger partial charge in [0.2, 0.25) is 0 Å². The first-order valence-electron chi connectivity index (χ1n) is 7.21. The van der Waals surface area contributed by atoms with E-state index in [0.717, 1.165) is 29.7 Å². The molecule has 4 rings (SSSR count). The molecule has 2 aromatic carbocycles. The van der Waals surface area contributed by atoms with Crippen LogP contribution in [0.2, 0.25) is 0 Å². The van der Waals surface area contributed by atoms with Gasteiger partial charge in [0.15, 0.2) is 5.78 Å². The molecule has 0 fully saturated rings. The van der Waals surface area contributed by atoms with Gasteiger partial charge in [-0.25, -0.2) is 0 Å². The number of carbonyl (C=O) groups is 1. The molecule has 0 spiro atoms. The van der Waals surface area contributed by atoms with Gasteiger partial charge in [-0.3, -0.25) is 4.79 Å². The number of aryl methyl sites for hydroxylation is 2. The number of benzene rings is 2. The number of ether oxygens (including phenoxy) is 1. The Hall–Kier alpha value is -2.09. The highest BCUT2D eigenvalue weighted by molar-refractivity contribution is 6.02. The van der Waals surface area contributed by atoms with Crippen LogP contribution < -0.4 is 4.74 Å². The van der Waals surface area contributed by atoms with Gasteiger partial charge in [-0.1, -0.05) is 30.3 Å². The number of hydrogen-bond donors (Lipinski definition) is 0. The van der Waals surface area contributed by atoms with Crippen LogP contribution in [0.5, 0.6) is 5.75 Å². The van der Waals surface area contributed by atoms with E-state index in [1.54, 1.807) is 0 Å². The van der Waals surface area contributed by atoms with Crippen LogP contribution in [0.15, 0.2) is 42.5 Å². The second-order valence-corrected chi connectivity index (χ2v) is 5.60. The van der Waals surface area contributed by atoms with E-state index in [1.165, 1.54) is 17.5 Å². The third-order valence-corrected chi connectivity index (χ3v) is 4.40. The molecular formula is C18H16O2. The summed E-state index contributed by atoms with van der Waals surface area (Å²) < 4.78 is 5.63. The number of hydrogen-bond acceptors (Lipinski definition) is 2. The van der Waals surface area contributed by atoms with E-state index in [1.807, 2.05) is 30.3 Å². The minimum Gasteiger partial charge on any atom is -0.492 e. The molecular weight excluding hydrogens is 248 g/mol. The molecule has 0 radical (unpaired) electrons. The molecule has 1 aliphatic carbocycles. The maximum Gasteiger partial charge on any atom is 0.173 e. The van der Waals surface area contributed by atoms with Gasteiger partial charge in [-0.2, -0.15) is 0 Å². The quantitative estimate of drug-likeness (QED) is 0.776. The van der Waals surface area contributed by atoms with Crippen LogP contribution in [0.3, 0.4) is 0 Å². The number of Topliss-reactive ketones (excluding diaryl/α,β-unsaturated/α-hetero) is 1. The smallest absolute Gasteiger partial charge is 0.173 e. The minimum absolute atomic E-state index is 0.148. The molecule has 1 unspecified atom stereocenters. The van der Waals surface area contributed by atoms with Gasteiger partial charge in [0, 0.05) is 11.1 Å². The first kappa shape index (κ1) is 11.7. The zero-order valence-electron chi connectivity index (χ0n) is 11.3. The van der Waals surface area contributed by atoms with Gasteiger partial charge >= 0.3 is 0 Å². The predicted molar refractivity (Wildman–Crippen MR) is 77.5 cm³/mol. The summed E-state index contributed by atoms with van der Waals surface area (Å²) in [6, 6.07) is 14.0. The van der Waals surface area contributed by atoms with Gasteiger partial charge in [-0.05, 0) is 42.5 Å². The van der Waals surface area contributed by atoms with Crippen molar-refractivity contribution in [3.05, 3.63) is 64.7 Å².